The van der Waals surface area contributed by atoms with Gasteiger partial charge in [-0.05, 0) is 6.42 Å². The zero-order valence-electron chi connectivity index (χ0n) is 9.16. The molecule has 0 bridgehead atoms. The maximum atomic E-state index is 11.0. The van der Waals surface area contributed by atoms with Crippen LogP contribution in [0.1, 0.15) is 44.8 Å². The van der Waals surface area contributed by atoms with E-state index in [-0.39, 0.29) is 11.4 Å². The van der Waals surface area contributed by atoms with Crippen molar-refractivity contribution < 1.29 is 9.52 Å². The first kappa shape index (κ1) is 11.8. The van der Waals surface area contributed by atoms with Gasteiger partial charge in [0.15, 0.2) is 5.43 Å². The molecule has 1 rings (SSSR count). The van der Waals surface area contributed by atoms with E-state index in [1.165, 1.54) is 25.3 Å². The fourth-order valence-corrected chi connectivity index (χ4v) is 1.54. The Morgan fingerprint density at radius 3 is 2.60 bits per heavy atom. The number of unbranched alkanes of at least 4 members (excludes halogenated alkanes) is 4. The standard InChI is InChI=1S/C12H18O3/c1-2-3-4-5-6-7-11-8-10(13)9-12(14)15-11/h8-9,14H,2-7H2,1H3. The molecule has 0 aliphatic rings. The van der Waals surface area contributed by atoms with Gasteiger partial charge in [0.2, 0.25) is 0 Å². The first-order valence-electron chi connectivity index (χ1n) is 5.55. The minimum absolute atomic E-state index is 0.192. The Balaban J connectivity index is 2.34. The average Bonchev–Trinajstić information content (AvgIpc) is 2.16. The molecule has 0 aliphatic heterocycles. The molecule has 0 amide bonds. The molecule has 3 nitrogen and oxygen atoms in total. The minimum atomic E-state index is -0.286. The molecule has 0 unspecified atom stereocenters. The van der Waals surface area contributed by atoms with Gasteiger partial charge in [-0.25, -0.2) is 0 Å². The first-order valence-corrected chi connectivity index (χ1v) is 5.55. The number of aromatic hydroxyl groups is 1. The maximum absolute atomic E-state index is 11.0. The van der Waals surface area contributed by atoms with E-state index in [1.54, 1.807) is 0 Å². The van der Waals surface area contributed by atoms with E-state index in [4.69, 9.17) is 9.52 Å². The van der Waals surface area contributed by atoms with Gasteiger partial charge < -0.3 is 9.52 Å². The highest BCUT2D eigenvalue weighted by Crippen LogP contribution is 2.11. The highest BCUT2D eigenvalue weighted by Gasteiger charge is 2.00. The summed E-state index contributed by atoms with van der Waals surface area (Å²) in [6.45, 7) is 2.17. The summed E-state index contributed by atoms with van der Waals surface area (Å²) < 4.78 is 5.02. The first-order chi connectivity index (χ1) is 7.22. The summed E-state index contributed by atoms with van der Waals surface area (Å²) in [6.07, 6.45) is 6.58. The van der Waals surface area contributed by atoms with E-state index >= 15 is 0 Å². The largest absolute Gasteiger partial charge is 0.481 e. The van der Waals surface area contributed by atoms with Gasteiger partial charge in [0.05, 0.1) is 6.07 Å². The number of rotatable bonds is 6. The molecule has 0 radical (unpaired) electrons. The zero-order valence-corrected chi connectivity index (χ0v) is 9.16. The quantitative estimate of drug-likeness (QED) is 0.734. The van der Waals surface area contributed by atoms with Crippen LogP contribution in [0.3, 0.4) is 0 Å². The van der Waals surface area contributed by atoms with Crippen molar-refractivity contribution in [2.75, 3.05) is 0 Å². The topological polar surface area (TPSA) is 50.4 Å². The van der Waals surface area contributed by atoms with E-state index in [9.17, 15) is 4.79 Å². The van der Waals surface area contributed by atoms with Crippen molar-refractivity contribution in [1.82, 2.24) is 0 Å². The van der Waals surface area contributed by atoms with Gasteiger partial charge in [-0.3, -0.25) is 4.79 Å². The van der Waals surface area contributed by atoms with Crippen molar-refractivity contribution in [2.24, 2.45) is 0 Å². The van der Waals surface area contributed by atoms with Crippen molar-refractivity contribution in [2.45, 2.75) is 45.4 Å². The fourth-order valence-electron chi connectivity index (χ4n) is 1.54. The third kappa shape index (κ3) is 4.68. The van der Waals surface area contributed by atoms with E-state index < -0.39 is 0 Å². The fraction of sp³-hybridized carbons (Fsp3) is 0.583. The summed E-state index contributed by atoms with van der Waals surface area (Å²) in [5.41, 5.74) is -0.192. The van der Waals surface area contributed by atoms with Gasteiger partial charge in [0, 0.05) is 12.5 Å². The van der Waals surface area contributed by atoms with Crippen LogP contribution in [-0.4, -0.2) is 5.11 Å². The van der Waals surface area contributed by atoms with Gasteiger partial charge in [0.1, 0.15) is 5.76 Å². The Morgan fingerprint density at radius 2 is 1.93 bits per heavy atom. The second-order valence-electron chi connectivity index (χ2n) is 3.76. The summed E-state index contributed by atoms with van der Waals surface area (Å²) in [4.78, 5) is 11.0. The lowest BCUT2D eigenvalue weighted by molar-refractivity contribution is 0.304. The molecule has 0 atom stereocenters. The van der Waals surface area contributed by atoms with Crippen LogP contribution in [0.5, 0.6) is 5.95 Å². The van der Waals surface area contributed by atoms with Crippen LogP contribution in [-0.2, 0) is 6.42 Å². The van der Waals surface area contributed by atoms with Crippen LogP contribution in [0.4, 0.5) is 0 Å². The lowest BCUT2D eigenvalue weighted by Gasteiger charge is -2.00. The van der Waals surface area contributed by atoms with Gasteiger partial charge >= 0.3 is 0 Å². The third-order valence-electron chi connectivity index (χ3n) is 2.33. The SMILES string of the molecule is CCCCCCCc1cc(=O)cc(O)o1. The molecular weight excluding hydrogens is 192 g/mol. The highest BCUT2D eigenvalue weighted by atomic mass is 16.5. The van der Waals surface area contributed by atoms with Crippen LogP contribution in [0, 0.1) is 0 Å². The van der Waals surface area contributed by atoms with Crippen molar-refractivity contribution in [3.8, 4) is 5.95 Å². The van der Waals surface area contributed by atoms with Gasteiger partial charge in [0.25, 0.3) is 5.95 Å². The zero-order chi connectivity index (χ0) is 11.1. The summed E-state index contributed by atoms with van der Waals surface area (Å²) >= 11 is 0. The molecular formula is C12H18O3. The Bertz CT molecular complexity index is 341. The molecule has 3 heteroatoms. The molecule has 0 saturated heterocycles. The number of aryl methyl sites for hydroxylation is 1. The summed E-state index contributed by atoms with van der Waals surface area (Å²) in [5, 5.41) is 9.07. The molecule has 84 valence electrons. The normalized spacial score (nSPS) is 10.5. The van der Waals surface area contributed by atoms with Crippen LogP contribution in [0.25, 0.3) is 0 Å². The molecule has 1 aromatic heterocycles. The van der Waals surface area contributed by atoms with E-state index in [0.717, 1.165) is 25.3 Å². The second-order valence-corrected chi connectivity index (χ2v) is 3.76. The van der Waals surface area contributed by atoms with Crippen molar-refractivity contribution in [3.63, 3.8) is 0 Å². The van der Waals surface area contributed by atoms with Crippen molar-refractivity contribution in [3.05, 3.63) is 28.1 Å². The molecule has 0 aromatic carbocycles. The Labute approximate surface area is 89.7 Å². The molecule has 0 saturated carbocycles. The van der Waals surface area contributed by atoms with Crippen molar-refractivity contribution >= 4 is 0 Å². The molecule has 1 heterocycles. The predicted molar refractivity (Wildman–Crippen MR) is 59.1 cm³/mol. The minimum Gasteiger partial charge on any atom is -0.481 e. The summed E-state index contributed by atoms with van der Waals surface area (Å²) in [5.74, 6) is 0.294. The maximum Gasteiger partial charge on any atom is 0.285 e. The Morgan fingerprint density at radius 1 is 1.20 bits per heavy atom. The van der Waals surface area contributed by atoms with Crippen LogP contribution in [0.2, 0.25) is 0 Å². The van der Waals surface area contributed by atoms with Crippen LogP contribution < -0.4 is 5.43 Å². The Kier molecular flexibility index (Phi) is 4.95. The monoisotopic (exact) mass is 210 g/mol. The molecule has 1 aromatic rings. The van der Waals surface area contributed by atoms with Gasteiger partial charge in [-0.15, -0.1) is 0 Å². The predicted octanol–water partition coefficient (Wildman–Crippen LogP) is 2.86. The molecule has 0 spiro atoms. The average molecular weight is 210 g/mol. The number of hydrogen-bond donors (Lipinski definition) is 1. The lowest BCUT2D eigenvalue weighted by atomic mass is 10.1. The Hall–Kier alpha value is -1.25. The highest BCUT2D eigenvalue weighted by molar-refractivity contribution is 5.09. The van der Waals surface area contributed by atoms with E-state index in [1.807, 2.05) is 0 Å². The van der Waals surface area contributed by atoms with Gasteiger partial charge in [-0.1, -0.05) is 32.6 Å². The summed E-state index contributed by atoms with van der Waals surface area (Å²) in [6, 6.07) is 2.53. The smallest absolute Gasteiger partial charge is 0.285 e. The summed E-state index contributed by atoms with van der Waals surface area (Å²) in [7, 11) is 0. The van der Waals surface area contributed by atoms with Crippen molar-refractivity contribution in [1.29, 1.82) is 0 Å². The van der Waals surface area contributed by atoms with Crippen LogP contribution in [0.15, 0.2) is 21.3 Å². The molecule has 0 fully saturated rings. The van der Waals surface area contributed by atoms with E-state index in [0.29, 0.717) is 5.76 Å². The van der Waals surface area contributed by atoms with E-state index in [2.05, 4.69) is 6.92 Å². The number of hydrogen-bond acceptors (Lipinski definition) is 3. The van der Waals surface area contributed by atoms with Crippen LogP contribution >= 0.6 is 0 Å². The molecule has 15 heavy (non-hydrogen) atoms. The third-order valence-corrected chi connectivity index (χ3v) is 2.33. The molecule has 1 N–H and O–H groups in total. The molecule has 0 aliphatic carbocycles. The van der Waals surface area contributed by atoms with Gasteiger partial charge in [-0.2, -0.15) is 0 Å². The lowest BCUT2D eigenvalue weighted by Crippen LogP contribution is -1.98. The second kappa shape index (κ2) is 6.27.